The zero-order valence-corrected chi connectivity index (χ0v) is 18.7. The van der Waals surface area contributed by atoms with Crippen molar-refractivity contribution in [2.75, 3.05) is 13.7 Å². The van der Waals surface area contributed by atoms with Gasteiger partial charge < -0.3 is 9.47 Å². The van der Waals surface area contributed by atoms with Crippen molar-refractivity contribution in [2.45, 2.75) is 30.1 Å². The number of rotatable bonds is 6. The number of ether oxygens (including phenoxy) is 2. The molecule has 1 aliphatic carbocycles. The number of alkyl halides is 2. The van der Waals surface area contributed by atoms with Crippen LogP contribution in [0, 0.1) is 5.41 Å². The molecule has 0 spiro atoms. The molecular formula is C23H22Cl2N2O4. The lowest BCUT2D eigenvalue weighted by atomic mass is 9.98. The Labute approximate surface area is 190 Å². The highest BCUT2D eigenvalue weighted by Gasteiger charge is 2.69. The van der Waals surface area contributed by atoms with E-state index in [2.05, 4.69) is 5.10 Å². The number of carbonyl (C=O) groups excluding carboxylic acids is 2. The molecule has 1 aliphatic heterocycles. The van der Waals surface area contributed by atoms with Crippen LogP contribution in [0.3, 0.4) is 0 Å². The molecule has 162 valence electrons. The molecular weight excluding hydrogens is 439 g/mol. The smallest absolute Gasteiger partial charge is 0.315 e. The van der Waals surface area contributed by atoms with Crippen LogP contribution >= 0.6 is 23.2 Å². The SMILES string of the molecule is COc1ccc([C@H]2CC(c3ccccc3)=NN2C(=O)COC(=O)[C@@]2(C)CC2(Cl)Cl)cc1. The molecule has 4 rings (SSSR count). The molecule has 0 N–H and O–H groups in total. The van der Waals surface area contributed by atoms with Crippen LogP contribution in [0.25, 0.3) is 0 Å². The third-order valence-electron chi connectivity index (χ3n) is 5.81. The van der Waals surface area contributed by atoms with E-state index in [9.17, 15) is 9.59 Å². The summed E-state index contributed by atoms with van der Waals surface area (Å²) in [4.78, 5) is 25.4. The number of nitrogens with zero attached hydrogens (tertiary/aromatic N) is 2. The van der Waals surface area contributed by atoms with Crippen LogP contribution in [0.2, 0.25) is 0 Å². The quantitative estimate of drug-likeness (QED) is 0.469. The van der Waals surface area contributed by atoms with Crippen LogP contribution < -0.4 is 4.74 Å². The number of amides is 1. The van der Waals surface area contributed by atoms with Crippen LogP contribution in [0.1, 0.15) is 36.9 Å². The van der Waals surface area contributed by atoms with Crippen molar-refractivity contribution in [3.05, 3.63) is 65.7 Å². The molecule has 2 aromatic rings. The van der Waals surface area contributed by atoms with Gasteiger partial charge in [0.2, 0.25) is 0 Å². The summed E-state index contributed by atoms with van der Waals surface area (Å²) in [5.74, 6) is -0.279. The molecule has 2 atom stereocenters. The van der Waals surface area contributed by atoms with Gasteiger partial charge in [-0.3, -0.25) is 9.59 Å². The van der Waals surface area contributed by atoms with Crippen molar-refractivity contribution >= 4 is 40.8 Å². The summed E-state index contributed by atoms with van der Waals surface area (Å²) < 4.78 is 9.33. The summed E-state index contributed by atoms with van der Waals surface area (Å²) in [6.45, 7) is 1.19. The maximum absolute atomic E-state index is 13.0. The predicted molar refractivity (Wildman–Crippen MR) is 118 cm³/mol. The first-order valence-corrected chi connectivity index (χ1v) is 10.6. The third-order valence-corrected chi connectivity index (χ3v) is 6.91. The monoisotopic (exact) mass is 460 g/mol. The fourth-order valence-electron chi connectivity index (χ4n) is 3.61. The molecule has 6 nitrogen and oxygen atoms in total. The lowest BCUT2D eigenvalue weighted by Gasteiger charge is -2.22. The Morgan fingerprint density at radius 2 is 1.77 bits per heavy atom. The fraction of sp³-hybridized carbons (Fsp3) is 0.348. The Hall–Kier alpha value is -2.57. The van der Waals surface area contributed by atoms with Gasteiger partial charge >= 0.3 is 5.97 Å². The number of hydrogen-bond donors (Lipinski definition) is 0. The van der Waals surface area contributed by atoms with Gasteiger partial charge in [0.1, 0.15) is 15.5 Å². The molecule has 1 heterocycles. The maximum Gasteiger partial charge on any atom is 0.315 e. The van der Waals surface area contributed by atoms with E-state index in [0.29, 0.717) is 12.8 Å². The number of carbonyl (C=O) groups is 2. The van der Waals surface area contributed by atoms with Crippen molar-refractivity contribution in [1.29, 1.82) is 0 Å². The fourth-order valence-corrected chi connectivity index (χ4v) is 4.29. The standard InChI is InChI=1S/C23H22Cl2N2O4/c1-22(14-23(22,24)25)21(29)31-13-20(28)27-19(16-8-10-17(30-2)11-9-16)12-18(26-27)15-6-4-3-5-7-15/h3-11,19H,12-14H2,1-2H3/t19-,22-/m1/s1. The van der Waals surface area contributed by atoms with Crippen molar-refractivity contribution in [2.24, 2.45) is 10.5 Å². The van der Waals surface area contributed by atoms with E-state index in [1.165, 1.54) is 5.01 Å². The summed E-state index contributed by atoms with van der Waals surface area (Å²) in [6.07, 6.45) is 0.838. The molecule has 0 aromatic heterocycles. The second-order valence-electron chi connectivity index (χ2n) is 7.93. The van der Waals surface area contributed by atoms with Crippen LogP contribution in [0.4, 0.5) is 0 Å². The normalized spacial score (nSPS) is 23.8. The Kier molecular flexibility index (Phi) is 5.71. The average molecular weight is 461 g/mol. The van der Waals surface area contributed by atoms with Gasteiger partial charge in [0.15, 0.2) is 6.61 Å². The third kappa shape index (κ3) is 4.14. The number of esters is 1. The zero-order valence-electron chi connectivity index (χ0n) is 17.2. The minimum absolute atomic E-state index is 0.296. The van der Waals surface area contributed by atoms with Gasteiger partial charge in [-0.05, 0) is 30.2 Å². The summed E-state index contributed by atoms with van der Waals surface area (Å²) in [5.41, 5.74) is 1.64. The molecule has 1 saturated carbocycles. The lowest BCUT2D eigenvalue weighted by molar-refractivity contribution is -0.157. The van der Waals surface area contributed by atoms with Crippen molar-refractivity contribution in [3.8, 4) is 5.75 Å². The first-order chi connectivity index (χ1) is 14.7. The Balaban J connectivity index is 1.53. The largest absolute Gasteiger partial charge is 0.497 e. The molecule has 0 saturated heterocycles. The number of hydrazone groups is 1. The van der Waals surface area contributed by atoms with E-state index in [0.717, 1.165) is 22.6 Å². The van der Waals surface area contributed by atoms with Crippen LogP contribution in [0.15, 0.2) is 59.7 Å². The van der Waals surface area contributed by atoms with Gasteiger partial charge in [-0.2, -0.15) is 5.10 Å². The zero-order chi connectivity index (χ0) is 22.2. The Bertz CT molecular complexity index is 1020. The van der Waals surface area contributed by atoms with E-state index in [1.54, 1.807) is 14.0 Å². The average Bonchev–Trinajstić information content (AvgIpc) is 3.12. The lowest BCUT2D eigenvalue weighted by Crippen LogP contribution is -2.33. The summed E-state index contributed by atoms with van der Waals surface area (Å²) in [7, 11) is 1.60. The first kappa shape index (κ1) is 21.7. The Morgan fingerprint density at radius 3 is 2.35 bits per heavy atom. The highest BCUT2D eigenvalue weighted by molar-refractivity contribution is 6.53. The highest BCUT2D eigenvalue weighted by Crippen LogP contribution is 2.64. The van der Waals surface area contributed by atoms with E-state index in [-0.39, 0.29) is 6.04 Å². The maximum atomic E-state index is 13.0. The summed E-state index contributed by atoms with van der Waals surface area (Å²) in [5, 5.41) is 5.96. The molecule has 0 unspecified atom stereocenters. The van der Waals surface area contributed by atoms with Crippen LogP contribution in [-0.2, 0) is 14.3 Å². The molecule has 31 heavy (non-hydrogen) atoms. The van der Waals surface area contributed by atoms with Gasteiger partial charge in [0.25, 0.3) is 5.91 Å². The van der Waals surface area contributed by atoms with Gasteiger partial charge in [-0.15, -0.1) is 23.2 Å². The Morgan fingerprint density at radius 1 is 1.13 bits per heavy atom. The van der Waals surface area contributed by atoms with E-state index in [4.69, 9.17) is 32.7 Å². The number of benzene rings is 2. The van der Waals surface area contributed by atoms with Crippen molar-refractivity contribution in [3.63, 3.8) is 0 Å². The van der Waals surface area contributed by atoms with Gasteiger partial charge in [0.05, 0.1) is 18.9 Å². The molecule has 1 amide bonds. The minimum atomic E-state index is -1.15. The molecule has 0 bridgehead atoms. The molecule has 0 radical (unpaired) electrons. The number of hydrogen-bond acceptors (Lipinski definition) is 5. The number of methoxy groups -OCH3 is 1. The topological polar surface area (TPSA) is 68.2 Å². The van der Waals surface area contributed by atoms with Crippen LogP contribution in [-0.4, -0.2) is 40.6 Å². The molecule has 2 aliphatic rings. The second kappa shape index (κ2) is 8.17. The highest BCUT2D eigenvalue weighted by atomic mass is 35.5. The molecule has 2 aromatic carbocycles. The van der Waals surface area contributed by atoms with Gasteiger partial charge in [-0.1, -0.05) is 42.5 Å². The van der Waals surface area contributed by atoms with Crippen molar-refractivity contribution < 1.29 is 19.1 Å². The van der Waals surface area contributed by atoms with E-state index in [1.807, 2.05) is 54.6 Å². The second-order valence-corrected chi connectivity index (χ2v) is 9.42. The van der Waals surface area contributed by atoms with Crippen molar-refractivity contribution in [1.82, 2.24) is 5.01 Å². The predicted octanol–water partition coefficient (Wildman–Crippen LogP) is 4.50. The van der Waals surface area contributed by atoms with E-state index < -0.39 is 28.2 Å². The molecule has 1 fully saturated rings. The summed E-state index contributed by atoms with van der Waals surface area (Å²) in [6, 6.07) is 16.8. The summed E-state index contributed by atoms with van der Waals surface area (Å²) >= 11 is 12.1. The molecule has 8 heteroatoms. The van der Waals surface area contributed by atoms with E-state index >= 15 is 0 Å². The minimum Gasteiger partial charge on any atom is -0.497 e. The number of halogens is 2. The van der Waals surface area contributed by atoms with Crippen LogP contribution in [0.5, 0.6) is 5.75 Å². The van der Waals surface area contributed by atoms with Gasteiger partial charge in [0, 0.05) is 12.8 Å². The first-order valence-electron chi connectivity index (χ1n) is 9.89. The van der Waals surface area contributed by atoms with Gasteiger partial charge in [-0.25, -0.2) is 5.01 Å².